The summed E-state index contributed by atoms with van der Waals surface area (Å²) in [5.41, 5.74) is 1.54. The number of rotatable bonds is 2. The van der Waals surface area contributed by atoms with Crippen LogP contribution >= 0.6 is 15.9 Å². The van der Waals surface area contributed by atoms with E-state index in [1.165, 1.54) is 4.68 Å². The fourth-order valence-corrected chi connectivity index (χ4v) is 2.91. The molecule has 1 aromatic heterocycles. The van der Waals surface area contributed by atoms with Crippen LogP contribution in [-0.4, -0.2) is 36.0 Å². The minimum absolute atomic E-state index is 0.122. The predicted octanol–water partition coefficient (Wildman–Crippen LogP) is 0.378. The van der Waals surface area contributed by atoms with E-state index in [1.54, 1.807) is 6.20 Å². The number of piperazine rings is 1. The lowest BCUT2D eigenvalue weighted by Crippen LogP contribution is -2.89. The highest BCUT2D eigenvalue weighted by molar-refractivity contribution is 9.10. The van der Waals surface area contributed by atoms with Gasteiger partial charge in [-0.25, -0.2) is 0 Å². The van der Waals surface area contributed by atoms with Gasteiger partial charge < -0.3 is 10.2 Å². The molecule has 0 bridgehead atoms. The van der Waals surface area contributed by atoms with Gasteiger partial charge in [-0.15, -0.1) is 0 Å². The van der Waals surface area contributed by atoms with Crippen LogP contribution in [0.4, 0.5) is 5.69 Å². The van der Waals surface area contributed by atoms with Crippen molar-refractivity contribution in [2.24, 2.45) is 0 Å². The maximum atomic E-state index is 12.5. The number of halogens is 1. The number of nitrogens with zero attached hydrogens (tertiary/aromatic N) is 3. The SMILES string of the molecule is O=c1c(Br)c(N2CC[NH2+]CC2)cnn1-c1ccccc1. The minimum Gasteiger partial charge on any atom is -0.358 e. The number of aromatic nitrogens is 2. The first kappa shape index (κ1) is 13.3. The molecule has 0 unspecified atom stereocenters. The second-order valence-electron chi connectivity index (χ2n) is 4.75. The first-order chi connectivity index (χ1) is 9.77. The van der Waals surface area contributed by atoms with E-state index in [2.05, 4.69) is 31.2 Å². The minimum atomic E-state index is -0.122. The molecule has 0 spiro atoms. The average Bonchev–Trinajstić information content (AvgIpc) is 2.52. The van der Waals surface area contributed by atoms with E-state index < -0.39 is 0 Å². The number of para-hydroxylation sites is 1. The van der Waals surface area contributed by atoms with Gasteiger partial charge in [-0.2, -0.15) is 9.78 Å². The van der Waals surface area contributed by atoms with Gasteiger partial charge in [0.05, 0.1) is 43.8 Å². The lowest BCUT2D eigenvalue weighted by atomic mass is 10.3. The third-order valence-corrected chi connectivity index (χ3v) is 4.19. The van der Waals surface area contributed by atoms with Gasteiger partial charge in [0.2, 0.25) is 0 Å². The standard InChI is InChI=1S/C14H15BrN4O/c15-13-12(18-8-6-16-7-9-18)10-17-19(14(13)20)11-4-2-1-3-5-11/h1-5,10,16H,6-9H2/p+1. The van der Waals surface area contributed by atoms with Gasteiger partial charge in [-0.05, 0) is 28.1 Å². The molecule has 104 valence electrons. The lowest BCUT2D eigenvalue weighted by Gasteiger charge is -2.27. The summed E-state index contributed by atoms with van der Waals surface area (Å²) in [7, 11) is 0. The van der Waals surface area contributed by atoms with Crippen molar-refractivity contribution in [1.29, 1.82) is 0 Å². The lowest BCUT2D eigenvalue weighted by molar-refractivity contribution is -0.655. The van der Waals surface area contributed by atoms with Gasteiger partial charge in [-0.3, -0.25) is 4.79 Å². The van der Waals surface area contributed by atoms with Crippen molar-refractivity contribution in [3.63, 3.8) is 0 Å². The van der Waals surface area contributed by atoms with Crippen molar-refractivity contribution in [3.8, 4) is 5.69 Å². The second-order valence-corrected chi connectivity index (χ2v) is 5.54. The van der Waals surface area contributed by atoms with Crippen LogP contribution in [0.5, 0.6) is 0 Å². The molecule has 0 aliphatic carbocycles. The molecule has 1 aliphatic heterocycles. The van der Waals surface area contributed by atoms with Crippen molar-refractivity contribution in [2.75, 3.05) is 31.1 Å². The number of hydrogen-bond donors (Lipinski definition) is 1. The van der Waals surface area contributed by atoms with Gasteiger partial charge in [-0.1, -0.05) is 18.2 Å². The van der Waals surface area contributed by atoms with Crippen LogP contribution in [0.3, 0.4) is 0 Å². The van der Waals surface area contributed by atoms with Crippen molar-refractivity contribution >= 4 is 21.6 Å². The van der Waals surface area contributed by atoms with Gasteiger partial charge in [0.1, 0.15) is 4.47 Å². The molecule has 2 aromatic rings. The zero-order valence-electron chi connectivity index (χ0n) is 11.0. The Morgan fingerprint density at radius 3 is 2.55 bits per heavy atom. The van der Waals surface area contributed by atoms with Gasteiger partial charge >= 0.3 is 0 Å². The maximum Gasteiger partial charge on any atom is 0.287 e. The number of hydrogen-bond acceptors (Lipinski definition) is 3. The summed E-state index contributed by atoms with van der Waals surface area (Å²) >= 11 is 3.44. The highest BCUT2D eigenvalue weighted by Crippen LogP contribution is 2.21. The third-order valence-electron chi connectivity index (χ3n) is 3.45. The van der Waals surface area contributed by atoms with E-state index in [4.69, 9.17) is 0 Å². The highest BCUT2D eigenvalue weighted by atomic mass is 79.9. The molecular weight excluding hydrogens is 320 g/mol. The summed E-state index contributed by atoms with van der Waals surface area (Å²) in [6, 6.07) is 9.45. The molecular formula is C14H16BrN4O+. The first-order valence-electron chi connectivity index (χ1n) is 6.67. The van der Waals surface area contributed by atoms with Gasteiger partial charge in [0, 0.05) is 0 Å². The van der Waals surface area contributed by atoms with Gasteiger partial charge in [0.15, 0.2) is 0 Å². The van der Waals surface area contributed by atoms with E-state index in [0.29, 0.717) is 4.47 Å². The zero-order chi connectivity index (χ0) is 13.9. The van der Waals surface area contributed by atoms with Crippen molar-refractivity contribution in [2.45, 2.75) is 0 Å². The summed E-state index contributed by atoms with van der Waals surface area (Å²) in [5.74, 6) is 0. The highest BCUT2D eigenvalue weighted by Gasteiger charge is 2.18. The smallest absolute Gasteiger partial charge is 0.287 e. The predicted molar refractivity (Wildman–Crippen MR) is 81.4 cm³/mol. The molecule has 2 heterocycles. The molecule has 20 heavy (non-hydrogen) atoms. The number of quaternary nitrogens is 1. The third kappa shape index (κ3) is 2.48. The topological polar surface area (TPSA) is 54.7 Å². The Kier molecular flexibility index (Phi) is 3.84. The molecule has 1 fully saturated rings. The molecule has 0 atom stereocenters. The van der Waals surface area contributed by atoms with E-state index in [-0.39, 0.29) is 5.56 Å². The molecule has 1 saturated heterocycles. The molecule has 1 aromatic carbocycles. The fraction of sp³-hybridized carbons (Fsp3) is 0.286. The monoisotopic (exact) mass is 335 g/mol. The summed E-state index contributed by atoms with van der Waals surface area (Å²) in [4.78, 5) is 14.7. The van der Waals surface area contributed by atoms with Crippen molar-refractivity contribution in [1.82, 2.24) is 9.78 Å². The van der Waals surface area contributed by atoms with Crippen LogP contribution in [0.25, 0.3) is 5.69 Å². The molecule has 5 nitrogen and oxygen atoms in total. The Morgan fingerprint density at radius 1 is 1.15 bits per heavy atom. The fourth-order valence-electron chi connectivity index (χ4n) is 2.39. The summed E-state index contributed by atoms with van der Waals surface area (Å²) < 4.78 is 2.00. The van der Waals surface area contributed by atoms with Crippen LogP contribution in [-0.2, 0) is 0 Å². The second kappa shape index (κ2) is 5.76. The van der Waals surface area contributed by atoms with E-state index in [0.717, 1.165) is 37.6 Å². The number of anilines is 1. The van der Waals surface area contributed by atoms with Crippen molar-refractivity contribution in [3.05, 3.63) is 51.4 Å². The Labute approximate surface area is 125 Å². The van der Waals surface area contributed by atoms with Crippen LogP contribution in [0.15, 0.2) is 45.8 Å². The van der Waals surface area contributed by atoms with Crippen LogP contribution in [0, 0.1) is 0 Å². The molecule has 0 radical (unpaired) electrons. The number of benzene rings is 1. The number of nitrogens with two attached hydrogens (primary N) is 1. The Hall–Kier alpha value is -1.66. The largest absolute Gasteiger partial charge is 0.358 e. The molecule has 6 heteroatoms. The molecule has 0 amide bonds. The first-order valence-corrected chi connectivity index (χ1v) is 7.46. The molecule has 2 N–H and O–H groups in total. The normalized spacial score (nSPS) is 15.3. The quantitative estimate of drug-likeness (QED) is 0.863. The van der Waals surface area contributed by atoms with Crippen LogP contribution in [0.2, 0.25) is 0 Å². The molecule has 0 saturated carbocycles. The zero-order valence-corrected chi connectivity index (χ0v) is 12.6. The Bertz CT molecular complexity index is 650. The molecule has 3 rings (SSSR count). The Balaban J connectivity index is 2.01. The van der Waals surface area contributed by atoms with Crippen LogP contribution in [0.1, 0.15) is 0 Å². The van der Waals surface area contributed by atoms with Gasteiger partial charge in [0.25, 0.3) is 5.56 Å². The van der Waals surface area contributed by atoms with Crippen LogP contribution < -0.4 is 15.8 Å². The van der Waals surface area contributed by atoms with E-state index >= 15 is 0 Å². The summed E-state index contributed by atoms with van der Waals surface area (Å²) in [6.45, 7) is 3.98. The van der Waals surface area contributed by atoms with E-state index in [9.17, 15) is 4.79 Å². The van der Waals surface area contributed by atoms with E-state index in [1.807, 2.05) is 30.3 Å². The maximum absolute atomic E-state index is 12.5. The average molecular weight is 336 g/mol. The Morgan fingerprint density at radius 2 is 1.85 bits per heavy atom. The summed E-state index contributed by atoms with van der Waals surface area (Å²) in [6.07, 6.45) is 1.77. The molecule has 1 aliphatic rings. The van der Waals surface area contributed by atoms with Crippen molar-refractivity contribution < 1.29 is 5.32 Å². The summed E-state index contributed by atoms with van der Waals surface area (Å²) in [5, 5.41) is 6.59.